The second-order valence-electron chi connectivity index (χ2n) is 4.00. The van der Waals surface area contributed by atoms with Crippen molar-refractivity contribution in [1.29, 1.82) is 0 Å². The van der Waals surface area contributed by atoms with Crippen LogP contribution in [0.4, 0.5) is 0 Å². The van der Waals surface area contributed by atoms with Crippen LogP contribution in [0.15, 0.2) is 35.3 Å². The van der Waals surface area contributed by atoms with Gasteiger partial charge in [0.15, 0.2) is 0 Å². The molecule has 1 rings (SSSR count). The molecular formula is C14H18BrNO. The minimum absolute atomic E-state index is 0.0625. The molecule has 0 saturated carbocycles. The topological polar surface area (TPSA) is 20.3 Å². The number of hydrogen-bond donors (Lipinski definition) is 0. The minimum atomic E-state index is 0.0625. The van der Waals surface area contributed by atoms with E-state index in [4.69, 9.17) is 0 Å². The predicted octanol–water partition coefficient (Wildman–Crippen LogP) is 3.80. The van der Waals surface area contributed by atoms with Gasteiger partial charge >= 0.3 is 0 Å². The highest BCUT2D eigenvalue weighted by Gasteiger charge is 2.14. The number of aryl methyl sites for hydroxylation is 1. The summed E-state index contributed by atoms with van der Waals surface area (Å²) in [5.41, 5.74) is 1.85. The average Bonchev–Trinajstić information content (AvgIpc) is 2.31. The first-order valence-corrected chi connectivity index (χ1v) is 6.55. The monoisotopic (exact) mass is 295 g/mol. The van der Waals surface area contributed by atoms with Gasteiger partial charge < -0.3 is 4.90 Å². The van der Waals surface area contributed by atoms with Crippen LogP contribution in [0.1, 0.15) is 29.3 Å². The molecule has 0 bridgehead atoms. The molecule has 0 saturated heterocycles. The van der Waals surface area contributed by atoms with Crippen molar-refractivity contribution in [2.75, 3.05) is 13.1 Å². The number of rotatable bonds is 5. The summed E-state index contributed by atoms with van der Waals surface area (Å²) in [5.74, 6) is 0.0625. The van der Waals surface area contributed by atoms with E-state index in [9.17, 15) is 4.79 Å². The zero-order valence-electron chi connectivity index (χ0n) is 10.4. The van der Waals surface area contributed by atoms with Gasteiger partial charge in [0.25, 0.3) is 5.91 Å². The molecule has 0 N–H and O–H groups in total. The fourth-order valence-corrected chi connectivity index (χ4v) is 1.99. The van der Waals surface area contributed by atoms with Gasteiger partial charge in [-0.2, -0.15) is 0 Å². The third kappa shape index (κ3) is 3.70. The molecule has 0 aromatic heterocycles. The van der Waals surface area contributed by atoms with Crippen LogP contribution in [-0.4, -0.2) is 23.9 Å². The van der Waals surface area contributed by atoms with Crippen LogP contribution in [0.3, 0.4) is 0 Å². The fourth-order valence-electron chi connectivity index (χ4n) is 1.61. The summed E-state index contributed by atoms with van der Waals surface area (Å²) in [5, 5.41) is 0. The Balaban J connectivity index is 2.92. The highest BCUT2D eigenvalue weighted by atomic mass is 79.9. The van der Waals surface area contributed by atoms with Crippen molar-refractivity contribution in [2.24, 2.45) is 0 Å². The molecule has 1 amide bonds. The van der Waals surface area contributed by atoms with Crippen LogP contribution in [0.5, 0.6) is 0 Å². The number of amides is 1. The summed E-state index contributed by atoms with van der Waals surface area (Å²) in [6.07, 6.45) is 2.71. The van der Waals surface area contributed by atoms with Gasteiger partial charge in [-0.25, -0.2) is 0 Å². The minimum Gasteiger partial charge on any atom is -0.335 e. The number of carbonyl (C=O) groups is 1. The quantitative estimate of drug-likeness (QED) is 0.757. The van der Waals surface area contributed by atoms with Crippen LogP contribution in [0.25, 0.3) is 0 Å². The second kappa shape index (κ2) is 6.60. The van der Waals surface area contributed by atoms with Gasteiger partial charge in [-0.15, -0.1) is 6.58 Å². The molecule has 0 radical (unpaired) electrons. The van der Waals surface area contributed by atoms with Crippen LogP contribution in [-0.2, 0) is 0 Å². The zero-order chi connectivity index (χ0) is 12.8. The number of benzene rings is 1. The summed E-state index contributed by atoms with van der Waals surface area (Å²) in [6, 6.07) is 5.70. The van der Waals surface area contributed by atoms with Gasteiger partial charge in [-0.3, -0.25) is 4.79 Å². The van der Waals surface area contributed by atoms with Crippen LogP contribution >= 0.6 is 15.9 Å². The highest BCUT2D eigenvalue weighted by Crippen LogP contribution is 2.18. The molecule has 0 unspecified atom stereocenters. The van der Waals surface area contributed by atoms with Crippen molar-refractivity contribution < 1.29 is 4.79 Å². The first-order chi connectivity index (χ1) is 8.10. The summed E-state index contributed by atoms with van der Waals surface area (Å²) < 4.78 is 0.971. The standard InChI is InChI=1S/C14H18BrNO/c1-4-8-16(9-5-2)14(17)12-7-6-11(3)13(15)10-12/h4,6-7,10H,1,5,8-9H2,2-3H3. The first kappa shape index (κ1) is 14.0. The van der Waals surface area contributed by atoms with E-state index in [1.165, 1.54) is 0 Å². The maximum atomic E-state index is 12.2. The number of halogens is 1. The Labute approximate surface area is 111 Å². The van der Waals surface area contributed by atoms with E-state index in [-0.39, 0.29) is 5.91 Å². The van der Waals surface area contributed by atoms with E-state index in [0.717, 1.165) is 28.6 Å². The third-order valence-electron chi connectivity index (χ3n) is 2.55. The van der Waals surface area contributed by atoms with Crippen molar-refractivity contribution >= 4 is 21.8 Å². The molecule has 0 spiro atoms. The summed E-state index contributed by atoms with van der Waals surface area (Å²) in [7, 11) is 0. The molecule has 0 atom stereocenters. The van der Waals surface area contributed by atoms with Crippen molar-refractivity contribution in [3.05, 3.63) is 46.5 Å². The van der Waals surface area contributed by atoms with Gasteiger partial charge in [0, 0.05) is 23.1 Å². The van der Waals surface area contributed by atoms with Gasteiger partial charge in [0.1, 0.15) is 0 Å². The van der Waals surface area contributed by atoms with Gasteiger partial charge in [0.05, 0.1) is 0 Å². The Morgan fingerprint density at radius 1 is 1.53 bits per heavy atom. The molecular weight excluding hydrogens is 278 g/mol. The normalized spacial score (nSPS) is 10.1. The van der Waals surface area contributed by atoms with Crippen molar-refractivity contribution in [3.8, 4) is 0 Å². The van der Waals surface area contributed by atoms with E-state index in [2.05, 4.69) is 29.4 Å². The highest BCUT2D eigenvalue weighted by molar-refractivity contribution is 9.10. The van der Waals surface area contributed by atoms with Crippen LogP contribution in [0, 0.1) is 6.92 Å². The predicted molar refractivity (Wildman–Crippen MR) is 75.3 cm³/mol. The Morgan fingerprint density at radius 3 is 2.76 bits per heavy atom. The SMILES string of the molecule is C=CCN(CCC)C(=O)c1ccc(C)c(Br)c1. The smallest absolute Gasteiger partial charge is 0.254 e. The number of hydrogen-bond acceptors (Lipinski definition) is 1. The van der Waals surface area contributed by atoms with Crippen molar-refractivity contribution in [1.82, 2.24) is 4.90 Å². The summed E-state index contributed by atoms with van der Waals surface area (Å²) >= 11 is 3.45. The van der Waals surface area contributed by atoms with Gasteiger partial charge in [-0.1, -0.05) is 35.0 Å². The largest absolute Gasteiger partial charge is 0.335 e. The molecule has 3 heteroatoms. The maximum absolute atomic E-state index is 12.2. The summed E-state index contributed by atoms with van der Waals surface area (Å²) in [4.78, 5) is 14.1. The fraction of sp³-hybridized carbons (Fsp3) is 0.357. The van der Waals surface area contributed by atoms with Crippen molar-refractivity contribution in [3.63, 3.8) is 0 Å². The lowest BCUT2D eigenvalue weighted by Gasteiger charge is -2.20. The average molecular weight is 296 g/mol. The lowest BCUT2D eigenvalue weighted by molar-refractivity contribution is 0.0774. The van der Waals surface area contributed by atoms with Crippen LogP contribution in [0.2, 0.25) is 0 Å². The van der Waals surface area contributed by atoms with Crippen LogP contribution < -0.4 is 0 Å². The van der Waals surface area contributed by atoms with E-state index in [1.54, 1.807) is 6.08 Å². The van der Waals surface area contributed by atoms with Gasteiger partial charge in [-0.05, 0) is 31.0 Å². The maximum Gasteiger partial charge on any atom is 0.254 e. The van der Waals surface area contributed by atoms with Crippen molar-refractivity contribution in [2.45, 2.75) is 20.3 Å². The van der Waals surface area contributed by atoms with E-state index < -0.39 is 0 Å². The molecule has 92 valence electrons. The Morgan fingerprint density at radius 2 is 2.24 bits per heavy atom. The Bertz CT molecular complexity index is 415. The molecule has 0 aliphatic heterocycles. The molecule has 0 aliphatic carbocycles. The van der Waals surface area contributed by atoms with E-state index in [0.29, 0.717) is 6.54 Å². The van der Waals surface area contributed by atoms with Gasteiger partial charge in [0.2, 0.25) is 0 Å². The summed E-state index contributed by atoms with van der Waals surface area (Å²) in [6.45, 7) is 9.11. The Hall–Kier alpha value is -1.09. The number of nitrogens with zero attached hydrogens (tertiary/aromatic N) is 1. The lowest BCUT2D eigenvalue weighted by Crippen LogP contribution is -2.31. The Kier molecular flexibility index (Phi) is 5.42. The lowest BCUT2D eigenvalue weighted by atomic mass is 10.1. The molecule has 1 aromatic rings. The molecule has 17 heavy (non-hydrogen) atoms. The first-order valence-electron chi connectivity index (χ1n) is 5.76. The molecule has 1 aromatic carbocycles. The zero-order valence-corrected chi connectivity index (χ0v) is 12.0. The molecule has 2 nitrogen and oxygen atoms in total. The molecule has 0 aliphatic rings. The third-order valence-corrected chi connectivity index (χ3v) is 3.40. The van der Waals surface area contributed by atoms with E-state index >= 15 is 0 Å². The van der Waals surface area contributed by atoms with E-state index in [1.807, 2.05) is 30.0 Å². The molecule has 0 fully saturated rings. The number of carbonyl (C=O) groups excluding carboxylic acids is 1. The molecule has 0 heterocycles. The second-order valence-corrected chi connectivity index (χ2v) is 4.86.